The highest BCUT2D eigenvalue weighted by molar-refractivity contribution is 6.28. The molecule has 12 heavy (non-hydrogen) atoms. The summed E-state index contributed by atoms with van der Waals surface area (Å²) in [7, 11) is 0. The molecule has 6 heteroatoms. The molecule has 1 heterocycles. The smallest absolute Gasteiger partial charge is 0.404 e. The molecule has 1 rings (SSSR count). The lowest BCUT2D eigenvalue weighted by Crippen LogP contribution is -2.13. The normalized spacial score (nSPS) is 9.42. The van der Waals surface area contributed by atoms with Gasteiger partial charge in [0.05, 0.1) is 5.69 Å². The van der Waals surface area contributed by atoms with Gasteiger partial charge in [0, 0.05) is 6.20 Å². The number of hydrogen-bond donors (Lipinski definition) is 1. The number of nitrogens with two attached hydrogens (primary N) is 1. The Morgan fingerprint density at radius 1 is 1.75 bits per heavy atom. The molecular weight excluding hydrogens is 182 g/mol. The SMILES string of the molecule is NC(=O)OCc1ccnc(Cl)n1. The van der Waals surface area contributed by atoms with Gasteiger partial charge >= 0.3 is 6.09 Å². The van der Waals surface area contributed by atoms with Crippen LogP contribution in [0, 0.1) is 0 Å². The Kier molecular flexibility index (Phi) is 2.82. The van der Waals surface area contributed by atoms with Crippen LogP contribution in [-0.2, 0) is 11.3 Å². The van der Waals surface area contributed by atoms with E-state index in [1.54, 1.807) is 6.07 Å². The second-order valence-electron chi connectivity index (χ2n) is 1.92. The third-order valence-corrected chi connectivity index (χ3v) is 1.23. The van der Waals surface area contributed by atoms with Gasteiger partial charge < -0.3 is 10.5 Å². The van der Waals surface area contributed by atoms with E-state index < -0.39 is 6.09 Å². The van der Waals surface area contributed by atoms with Gasteiger partial charge in [0.2, 0.25) is 5.28 Å². The molecule has 0 radical (unpaired) electrons. The minimum atomic E-state index is -0.843. The average Bonchev–Trinajstić information content (AvgIpc) is 2.01. The predicted molar refractivity (Wildman–Crippen MR) is 41.4 cm³/mol. The lowest BCUT2D eigenvalue weighted by molar-refractivity contribution is 0.149. The van der Waals surface area contributed by atoms with E-state index in [0.29, 0.717) is 5.69 Å². The number of nitrogens with zero attached hydrogens (tertiary/aromatic N) is 2. The molecule has 1 aromatic heterocycles. The van der Waals surface area contributed by atoms with Crippen LogP contribution in [0.25, 0.3) is 0 Å². The van der Waals surface area contributed by atoms with Crippen molar-refractivity contribution in [3.8, 4) is 0 Å². The molecule has 0 aliphatic rings. The third-order valence-electron chi connectivity index (χ3n) is 1.05. The Bertz CT molecular complexity index is 292. The Morgan fingerprint density at radius 3 is 3.08 bits per heavy atom. The average molecular weight is 188 g/mol. The molecular formula is C6H6ClN3O2. The van der Waals surface area contributed by atoms with Crippen LogP contribution in [0.2, 0.25) is 5.28 Å². The first-order valence-corrected chi connectivity index (χ1v) is 3.46. The second-order valence-corrected chi connectivity index (χ2v) is 2.26. The van der Waals surface area contributed by atoms with Gasteiger partial charge in [0.15, 0.2) is 0 Å². The van der Waals surface area contributed by atoms with E-state index in [-0.39, 0.29) is 11.9 Å². The van der Waals surface area contributed by atoms with E-state index in [1.165, 1.54) is 6.20 Å². The first-order chi connectivity index (χ1) is 5.68. The van der Waals surface area contributed by atoms with Gasteiger partial charge in [-0.2, -0.15) is 0 Å². The number of ether oxygens (including phenoxy) is 1. The monoisotopic (exact) mass is 187 g/mol. The summed E-state index contributed by atoms with van der Waals surface area (Å²) in [6, 6.07) is 1.58. The highest BCUT2D eigenvalue weighted by Gasteiger charge is 1.98. The van der Waals surface area contributed by atoms with Crippen molar-refractivity contribution in [3.05, 3.63) is 23.2 Å². The molecule has 5 nitrogen and oxygen atoms in total. The maximum atomic E-state index is 10.2. The van der Waals surface area contributed by atoms with Crippen LogP contribution in [0.4, 0.5) is 4.79 Å². The Balaban J connectivity index is 2.57. The molecule has 0 saturated heterocycles. The number of hydrogen-bond acceptors (Lipinski definition) is 4. The molecule has 0 unspecified atom stereocenters. The van der Waals surface area contributed by atoms with Crippen molar-refractivity contribution in [1.82, 2.24) is 9.97 Å². The summed E-state index contributed by atoms with van der Waals surface area (Å²) >= 11 is 5.47. The van der Waals surface area contributed by atoms with Crippen molar-refractivity contribution in [2.45, 2.75) is 6.61 Å². The summed E-state index contributed by atoms with van der Waals surface area (Å²) in [5, 5.41) is 0.112. The molecule has 0 atom stereocenters. The van der Waals surface area contributed by atoms with Crippen LogP contribution in [0.15, 0.2) is 12.3 Å². The quantitative estimate of drug-likeness (QED) is 0.693. The molecule has 1 aromatic rings. The Labute approximate surface area is 73.5 Å². The molecule has 0 saturated carbocycles. The van der Waals surface area contributed by atoms with E-state index in [4.69, 9.17) is 17.3 Å². The summed E-state index contributed by atoms with van der Waals surface area (Å²) in [5.74, 6) is 0. The molecule has 0 aliphatic carbocycles. The van der Waals surface area contributed by atoms with Crippen molar-refractivity contribution in [2.75, 3.05) is 0 Å². The number of amides is 1. The van der Waals surface area contributed by atoms with Gasteiger partial charge in [-0.1, -0.05) is 0 Å². The number of rotatable bonds is 2. The first kappa shape index (κ1) is 8.73. The van der Waals surface area contributed by atoms with Crippen LogP contribution in [0.3, 0.4) is 0 Å². The van der Waals surface area contributed by atoms with Crippen molar-refractivity contribution in [3.63, 3.8) is 0 Å². The summed E-state index contributed by atoms with van der Waals surface area (Å²) in [5.41, 5.74) is 5.25. The zero-order valence-electron chi connectivity index (χ0n) is 6.03. The summed E-state index contributed by atoms with van der Waals surface area (Å²) < 4.78 is 4.47. The largest absolute Gasteiger partial charge is 0.443 e. The standard InChI is InChI=1S/C6H6ClN3O2/c7-5-9-2-1-4(10-5)3-12-6(8)11/h1-2H,3H2,(H2,8,11). The van der Waals surface area contributed by atoms with Crippen molar-refractivity contribution in [2.24, 2.45) is 5.73 Å². The van der Waals surface area contributed by atoms with E-state index in [2.05, 4.69) is 14.7 Å². The van der Waals surface area contributed by atoms with Gasteiger partial charge in [-0.3, -0.25) is 0 Å². The summed E-state index contributed by atoms with van der Waals surface area (Å²) in [6.07, 6.45) is 0.624. The molecule has 2 N–H and O–H groups in total. The zero-order valence-corrected chi connectivity index (χ0v) is 6.78. The van der Waals surface area contributed by atoms with E-state index >= 15 is 0 Å². The van der Waals surface area contributed by atoms with Gasteiger partial charge in [-0.25, -0.2) is 14.8 Å². The number of carbonyl (C=O) groups is 1. The highest BCUT2D eigenvalue weighted by atomic mass is 35.5. The van der Waals surface area contributed by atoms with Crippen molar-refractivity contribution >= 4 is 17.7 Å². The lowest BCUT2D eigenvalue weighted by atomic mass is 10.4. The van der Waals surface area contributed by atoms with Crippen LogP contribution >= 0.6 is 11.6 Å². The number of carbonyl (C=O) groups excluding carboxylic acids is 1. The fraction of sp³-hybridized carbons (Fsp3) is 0.167. The molecule has 0 bridgehead atoms. The van der Waals surface area contributed by atoms with E-state index in [0.717, 1.165) is 0 Å². The van der Waals surface area contributed by atoms with Gasteiger partial charge in [0.25, 0.3) is 0 Å². The Morgan fingerprint density at radius 2 is 2.50 bits per heavy atom. The molecule has 0 aliphatic heterocycles. The first-order valence-electron chi connectivity index (χ1n) is 3.08. The maximum absolute atomic E-state index is 10.2. The van der Waals surface area contributed by atoms with Gasteiger partial charge in [-0.05, 0) is 17.7 Å². The van der Waals surface area contributed by atoms with E-state index in [9.17, 15) is 4.79 Å². The van der Waals surface area contributed by atoms with Crippen LogP contribution in [0.5, 0.6) is 0 Å². The number of primary amides is 1. The van der Waals surface area contributed by atoms with E-state index in [1.807, 2.05) is 0 Å². The molecule has 0 spiro atoms. The summed E-state index contributed by atoms with van der Waals surface area (Å²) in [4.78, 5) is 17.6. The maximum Gasteiger partial charge on any atom is 0.404 e. The second kappa shape index (κ2) is 3.87. The topological polar surface area (TPSA) is 78.1 Å². The van der Waals surface area contributed by atoms with Crippen LogP contribution < -0.4 is 5.73 Å². The predicted octanol–water partition coefficient (Wildman–Crippen LogP) is 0.725. The third kappa shape index (κ3) is 2.71. The zero-order chi connectivity index (χ0) is 8.97. The molecule has 1 amide bonds. The van der Waals surface area contributed by atoms with Crippen LogP contribution in [-0.4, -0.2) is 16.1 Å². The molecule has 64 valence electrons. The highest BCUT2D eigenvalue weighted by Crippen LogP contribution is 2.01. The van der Waals surface area contributed by atoms with Crippen LogP contribution in [0.1, 0.15) is 5.69 Å². The number of aromatic nitrogens is 2. The van der Waals surface area contributed by atoms with Gasteiger partial charge in [-0.15, -0.1) is 0 Å². The fourth-order valence-electron chi connectivity index (χ4n) is 0.595. The van der Waals surface area contributed by atoms with Crippen molar-refractivity contribution < 1.29 is 9.53 Å². The Hall–Kier alpha value is -1.36. The fourth-order valence-corrected chi connectivity index (χ4v) is 0.760. The summed E-state index contributed by atoms with van der Waals surface area (Å²) in [6.45, 7) is 0.0115. The minimum Gasteiger partial charge on any atom is -0.443 e. The van der Waals surface area contributed by atoms with Gasteiger partial charge in [0.1, 0.15) is 6.61 Å². The molecule has 0 fully saturated rings. The number of halogens is 1. The lowest BCUT2D eigenvalue weighted by Gasteiger charge is -1.99. The minimum absolute atomic E-state index is 0.0115. The van der Waals surface area contributed by atoms with Crippen molar-refractivity contribution in [1.29, 1.82) is 0 Å². The molecule has 0 aromatic carbocycles.